The number of ether oxygens (including phenoxy) is 2. The normalized spacial score (nSPS) is 11.7. The molecule has 18 heavy (non-hydrogen) atoms. The summed E-state index contributed by atoms with van der Waals surface area (Å²) in [6.45, 7) is 5.30. The first kappa shape index (κ1) is 14.4. The number of hydrogen-bond acceptors (Lipinski definition) is 3. The van der Waals surface area contributed by atoms with Crippen molar-refractivity contribution in [2.24, 2.45) is 0 Å². The van der Waals surface area contributed by atoms with Crippen molar-refractivity contribution in [2.75, 3.05) is 13.7 Å². The summed E-state index contributed by atoms with van der Waals surface area (Å²) in [7, 11) is 1.63. The van der Waals surface area contributed by atoms with Crippen molar-refractivity contribution < 1.29 is 9.47 Å². The van der Waals surface area contributed by atoms with E-state index in [-0.39, 0.29) is 6.61 Å². The molecule has 1 N–H and O–H groups in total. The molecule has 0 aliphatic rings. The Kier molecular flexibility index (Phi) is 6.10. The number of methoxy groups -OCH3 is 1. The zero-order chi connectivity index (χ0) is 13.4. The van der Waals surface area contributed by atoms with Gasteiger partial charge in [-0.3, -0.25) is 0 Å². The van der Waals surface area contributed by atoms with Gasteiger partial charge < -0.3 is 14.8 Å². The number of rotatable bonds is 7. The fraction of sp³-hybridized carbons (Fsp3) is 0.467. The highest BCUT2D eigenvalue weighted by Crippen LogP contribution is 2.31. The maximum Gasteiger partial charge on any atom is 0.167 e. The Labute approximate surface area is 109 Å². The molecule has 0 bridgehead atoms. The van der Waals surface area contributed by atoms with Gasteiger partial charge in [0.2, 0.25) is 0 Å². The minimum absolute atomic E-state index is 0.247. The summed E-state index contributed by atoms with van der Waals surface area (Å²) < 4.78 is 10.9. The predicted molar refractivity (Wildman–Crippen MR) is 73.9 cm³/mol. The molecule has 0 aromatic heterocycles. The average Bonchev–Trinajstić information content (AvgIpc) is 2.42. The van der Waals surface area contributed by atoms with Crippen LogP contribution in [0.3, 0.4) is 0 Å². The Morgan fingerprint density at radius 1 is 1.44 bits per heavy atom. The minimum Gasteiger partial charge on any atom is -0.493 e. The molecular weight excluding hydrogens is 226 g/mol. The molecule has 1 aromatic carbocycles. The fourth-order valence-corrected chi connectivity index (χ4v) is 1.57. The van der Waals surface area contributed by atoms with Crippen LogP contribution in [0.2, 0.25) is 0 Å². The maximum atomic E-state index is 5.57. The van der Waals surface area contributed by atoms with Gasteiger partial charge in [-0.1, -0.05) is 25.0 Å². The molecule has 1 atom stereocenters. The van der Waals surface area contributed by atoms with E-state index in [0.29, 0.717) is 11.8 Å². The van der Waals surface area contributed by atoms with Crippen molar-refractivity contribution in [3.63, 3.8) is 0 Å². The van der Waals surface area contributed by atoms with Crippen LogP contribution >= 0.6 is 0 Å². The van der Waals surface area contributed by atoms with Gasteiger partial charge in [-0.25, -0.2) is 0 Å². The molecule has 0 aliphatic carbocycles. The first-order valence-corrected chi connectivity index (χ1v) is 6.18. The lowest BCUT2D eigenvalue weighted by atomic mass is 10.1. The van der Waals surface area contributed by atoms with Crippen molar-refractivity contribution in [3.8, 4) is 23.8 Å². The van der Waals surface area contributed by atoms with E-state index in [1.54, 1.807) is 7.11 Å². The van der Waals surface area contributed by atoms with E-state index in [1.165, 1.54) is 0 Å². The standard InChI is InChI=1S/C15H21NO2/c1-5-10-18-15-13(11-16-12(3)6-2)8-7-9-14(15)17-4/h1,7-9,12,16H,6,10-11H2,2-4H3/t12-/m1/s1. The van der Waals surface area contributed by atoms with Gasteiger partial charge in [0.1, 0.15) is 6.61 Å². The van der Waals surface area contributed by atoms with Crippen molar-refractivity contribution >= 4 is 0 Å². The average molecular weight is 247 g/mol. The van der Waals surface area contributed by atoms with Crippen LogP contribution < -0.4 is 14.8 Å². The van der Waals surface area contributed by atoms with E-state index in [0.717, 1.165) is 24.3 Å². The number of nitrogens with one attached hydrogen (secondary N) is 1. The first-order chi connectivity index (χ1) is 8.72. The van der Waals surface area contributed by atoms with Gasteiger partial charge >= 0.3 is 0 Å². The van der Waals surface area contributed by atoms with E-state index in [4.69, 9.17) is 15.9 Å². The third kappa shape index (κ3) is 3.97. The second-order valence-corrected chi connectivity index (χ2v) is 4.13. The zero-order valence-corrected chi connectivity index (χ0v) is 11.3. The second kappa shape index (κ2) is 7.62. The molecule has 0 heterocycles. The van der Waals surface area contributed by atoms with Gasteiger partial charge in [-0.2, -0.15) is 0 Å². The summed E-state index contributed by atoms with van der Waals surface area (Å²) in [5, 5.41) is 3.43. The van der Waals surface area contributed by atoms with Crippen molar-refractivity contribution in [2.45, 2.75) is 32.9 Å². The highest BCUT2D eigenvalue weighted by atomic mass is 16.5. The molecule has 0 amide bonds. The van der Waals surface area contributed by atoms with Crippen LogP contribution in [0.4, 0.5) is 0 Å². The van der Waals surface area contributed by atoms with Crippen LogP contribution in [0.15, 0.2) is 18.2 Å². The monoisotopic (exact) mass is 247 g/mol. The third-order valence-corrected chi connectivity index (χ3v) is 2.83. The Morgan fingerprint density at radius 2 is 2.22 bits per heavy atom. The number of benzene rings is 1. The minimum atomic E-state index is 0.247. The van der Waals surface area contributed by atoms with Gasteiger partial charge in [0, 0.05) is 18.2 Å². The maximum absolute atomic E-state index is 5.57. The van der Waals surface area contributed by atoms with Crippen molar-refractivity contribution in [3.05, 3.63) is 23.8 Å². The van der Waals surface area contributed by atoms with E-state index < -0.39 is 0 Å². The highest BCUT2D eigenvalue weighted by molar-refractivity contribution is 5.46. The Bertz CT molecular complexity index is 409. The molecular formula is C15H21NO2. The van der Waals surface area contributed by atoms with E-state index >= 15 is 0 Å². The summed E-state index contributed by atoms with van der Waals surface area (Å²) in [5.74, 6) is 3.92. The largest absolute Gasteiger partial charge is 0.493 e. The highest BCUT2D eigenvalue weighted by Gasteiger charge is 2.10. The molecule has 3 nitrogen and oxygen atoms in total. The van der Waals surface area contributed by atoms with Crippen LogP contribution in [0.25, 0.3) is 0 Å². The molecule has 0 radical (unpaired) electrons. The topological polar surface area (TPSA) is 30.5 Å². The van der Waals surface area contributed by atoms with Crippen LogP contribution in [-0.2, 0) is 6.54 Å². The van der Waals surface area contributed by atoms with Gasteiger partial charge in [0.15, 0.2) is 11.5 Å². The summed E-state index contributed by atoms with van der Waals surface area (Å²) in [6, 6.07) is 6.31. The van der Waals surface area contributed by atoms with Gasteiger partial charge in [-0.05, 0) is 19.4 Å². The van der Waals surface area contributed by atoms with Crippen molar-refractivity contribution in [1.82, 2.24) is 5.32 Å². The fourth-order valence-electron chi connectivity index (χ4n) is 1.57. The molecule has 0 saturated heterocycles. The van der Waals surface area contributed by atoms with Crippen LogP contribution in [0.5, 0.6) is 11.5 Å². The lowest BCUT2D eigenvalue weighted by Gasteiger charge is -2.16. The molecule has 0 spiro atoms. The third-order valence-electron chi connectivity index (χ3n) is 2.83. The first-order valence-electron chi connectivity index (χ1n) is 6.18. The molecule has 98 valence electrons. The Balaban J connectivity index is 2.84. The molecule has 3 heteroatoms. The molecule has 1 rings (SSSR count). The molecule has 0 saturated carbocycles. The Morgan fingerprint density at radius 3 is 2.83 bits per heavy atom. The summed E-state index contributed by atoms with van der Waals surface area (Å²) in [4.78, 5) is 0. The smallest absolute Gasteiger partial charge is 0.167 e. The molecule has 0 unspecified atom stereocenters. The SMILES string of the molecule is C#CCOc1c(CN[C@H](C)CC)cccc1OC. The lowest BCUT2D eigenvalue weighted by Crippen LogP contribution is -2.24. The van der Waals surface area contributed by atoms with E-state index in [1.807, 2.05) is 18.2 Å². The molecule has 0 fully saturated rings. The number of terminal acetylenes is 1. The van der Waals surface area contributed by atoms with Crippen LogP contribution in [-0.4, -0.2) is 19.8 Å². The molecule has 1 aromatic rings. The zero-order valence-electron chi connectivity index (χ0n) is 11.3. The molecule has 0 aliphatic heterocycles. The summed E-state index contributed by atoms with van der Waals surface area (Å²) in [6.07, 6.45) is 6.32. The Hall–Kier alpha value is -1.66. The van der Waals surface area contributed by atoms with Crippen molar-refractivity contribution in [1.29, 1.82) is 0 Å². The van der Waals surface area contributed by atoms with E-state index in [9.17, 15) is 0 Å². The second-order valence-electron chi connectivity index (χ2n) is 4.13. The number of para-hydroxylation sites is 1. The van der Waals surface area contributed by atoms with Crippen LogP contribution in [0.1, 0.15) is 25.8 Å². The van der Waals surface area contributed by atoms with E-state index in [2.05, 4.69) is 25.1 Å². The lowest BCUT2D eigenvalue weighted by molar-refractivity contribution is 0.326. The van der Waals surface area contributed by atoms with Crippen LogP contribution in [0, 0.1) is 12.3 Å². The quantitative estimate of drug-likeness (QED) is 0.751. The van der Waals surface area contributed by atoms with Gasteiger partial charge in [0.25, 0.3) is 0 Å². The van der Waals surface area contributed by atoms with Gasteiger partial charge in [-0.15, -0.1) is 6.42 Å². The number of hydrogen-bond donors (Lipinski definition) is 1. The van der Waals surface area contributed by atoms with Gasteiger partial charge in [0.05, 0.1) is 7.11 Å². The predicted octanol–water partition coefficient (Wildman–Crippen LogP) is 2.60. The summed E-state index contributed by atoms with van der Waals surface area (Å²) in [5.41, 5.74) is 1.06. The summed E-state index contributed by atoms with van der Waals surface area (Å²) >= 11 is 0.